The van der Waals surface area contributed by atoms with E-state index in [1.807, 2.05) is 25.6 Å². The molecule has 7 heteroatoms. The van der Waals surface area contributed by atoms with Crippen molar-refractivity contribution in [2.24, 2.45) is 7.05 Å². The topological polar surface area (TPSA) is 76.2 Å². The number of aromatic nitrogens is 3. The van der Waals surface area contributed by atoms with E-state index in [9.17, 15) is 4.79 Å². The van der Waals surface area contributed by atoms with Crippen LogP contribution in [0.15, 0.2) is 10.6 Å². The van der Waals surface area contributed by atoms with Gasteiger partial charge in [0.25, 0.3) is 0 Å². The Morgan fingerprint density at radius 1 is 1.43 bits per heavy atom. The van der Waals surface area contributed by atoms with Gasteiger partial charge < -0.3 is 4.52 Å². The monoisotopic (exact) mass is 317 g/mol. The summed E-state index contributed by atoms with van der Waals surface area (Å²) in [7, 11) is 1.96. The van der Waals surface area contributed by atoms with E-state index in [-0.39, 0.29) is 11.9 Å². The van der Waals surface area contributed by atoms with Crippen LogP contribution in [0.5, 0.6) is 0 Å². The van der Waals surface area contributed by atoms with Crippen LogP contribution < -0.4 is 5.32 Å². The second-order valence-corrected chi connectivity index (χ2v) is 6.22. The van der Waals surface area contributed by atoms with Crippen molar-refractivity contribution in [1.29, 1.82) is 0 Å². The smallest absolute Gasteiger partial charge is 0.240 e. The molecule has 2 aromatic rings. The minimum absolute atomic E-state index is 0.0766. The highest BCUT2D eigenvalue weighted by atomic mass is 16.5. The van der Waals surface area contributed by atoms with Gasteiger partial charge in [-0.05, 0) is 40.2 Å². The van der Waals surface area contributed by atoms with E-state index in [4.69, 9.17) is 4.52 Å². The molecule has 0 unspecified atom stereocenters. The summed E-state index contributed by atoms with van der Waals surface area (Å²) in [6.45, 7) is 7.21. The number of nitrogens with one attached hydrogen (secondary N) is 1. The van der Waals surface area contributed by atoms with Crippen LogP contribution in [0, 0.1) is 20.8 Å². The molecule has 2 aromatic heterocycles. The van der Waals surface area contributed by atoms with Gasteiger partial charge in [0.2, 0.25) is 11.8 Å². The van der Waals surface area contributed by atoms with E-state index in [1.54, 1.807) is 6.07 Å². The molecule has 3 rings (SSSR count). The summed E-state index contributed by atoms with van der Waals surface area (Å²) in [5.74, 6) is 0.323. The van der Waals surface area contributed by atoms with E-state index in [0.29, 0.717) is 12.4 Å². The van der Waals surface area contributed by atoms with Crippen LogP contribution in [0.25, 0.3) is 0 Å². The first-order chi connectivity index (χ1) is 11.0. The van der Waals surface area contributed by atoms with E-state index in [2.05, 4.69) is 27.4 Å². The number of rotatable bonds is 4. The zero-order chi connectivity index (χ0) is 16.6. The summed E-state index contributed by atoms with van der Waals surface area (Å²) in [6.07, 6.45) is 2.15. The van der Waals surface area contributed by atoms with Gasteiger partial charge in [0, 0.05) is 30.4 Å². The fourth-order valence-electron chi connectivity index (χ4n) is 3.40. The third-order valence-electron chi connectivity index (χ3n) is 4.50. The number of hydrogen-bond donors (Lipinski definition) is 1. The fraction of sp³-hybridized carbons (Fsp3) is 0.562. The van der Waals surface area contributed by atoms with Crippen LogP contribution in [-0.2, 0) is 11.8 Å². The third kappa shape index (κ3) is 3.14. The molecule has 1 saturated heterocycles. The highest BCUT2D eigenvalue weighted by molar-refractivity contribution is 5.91. The van der Waals surface area contributed by atoms with Crippen LogP contribution in [0.3, 0.4) is 0 Å². The third-order valence-corrected chi connectivity index (χ3v) is 4.50. The molecule has 0 saturated carbocycles. The van der Waals surface area contributed by atoms with Crippen LogP contribution in [0.1, 0.15) is 41.5 Å². The van der Waals surface area contributed by atoms with E-state index >= 15 is 0 Å². The van der Waals surface area contributed by atoms with Gasteiger partial charge in [0.1, 0.15) is 0 Å². The van der Waals surface area contributed by atoms with Crippen molar-refractivity contribution in [3.8, 4) is 0 Å². The average Bonchev–Trinajstić information content (AvgIpc) is 3.14. The van der Waals surface area contributed by atoms with Crippen molar-refractivity contribution in [2.45, 2.75) is 39.7 Å². The highest BCUT2D eigenvalue weighted by Crippen LogP contribution is 2.35. The van der Waals surface area contributed by atoms with Gasteiger partial charge >= 0.3 is 0 Å². The predicted molar refractivity (Wildman–Crippen MR) is 86.1 cm³/mol. The first-order valence-corrected chi connectivity index (χ1v) is 7.93. The quantitative estimate of drug-likeness (QED) is 0.934. The summed E-state index contributed by atoms with van der Waals surface area (Å²) in [5, 5.41) is 11.0. The molecule has 0 radical (unpaired) electrons. The molecule has 1 aliphatic rings. The molecule has 0 bridgehead atoms. The Kier molecular flexibility index (Phi) is 4.21. The zero-order valence-corrected chi connectivity index (χ0v) is 14.1. The molecule has 3 heterocycles. The van der Waals surface area contributed by atoms with E-state index < -0.39 is 0 Å². The summed E-state index contributed by atoms with van der Waals surface area (Å²) in [5.41, 5.74) is 4.23. The Bertz CT molecular complexity index is 718. The highest BCUT2D eigenvalue weighted by Gasteiger charge is 2.31. The van der Waals surface area contributed by atoms with Gasteiger partial charge in [-0.25, -0.2) is 0 Å². The standard InChI is InChI=1S/C16H23N5O2/c1-10-8-15(23-19-10)17-14(22)9-21-7-5-6-13(21)16-11(2)18-20(4)12(16)3/h8,13H,5-7,9H2,1-4H3,(H,17,22)/t13-/m1/s1. The zero-order valence-electron chi connectivity index (χ0n) is 14.1. The summed E-state index contributed by atoms with van der Waals surface area (Å²) in [4.78, 5) is 14.5. The SMILES string of the molecule is Cc1cc(NC(=O)CN2CCC[C@@H]2c2c(C)nn(C)c2C)on1. The maximum absolute atomic E-state index is 12.3. The molecule has 23 heavy (non-hydrogen) atoms. The minimum Gasteiger partial charge on any atom is -0.338 e. The van der Waals surface area contributed by atoms with Crippen LogP contribution in [0.4, 0.5) is 5.88 Å². The minimum atomic E-state index is -0.0766. The van der Waals surface area contributed by atoms with Crippen molar-refractivity contribution in [3.05, 3.63) is 28.7 Å². The number of likely N-dealkylation sites (tertiary alicyclic amines) is 1. The Hall–Kier alpha value is -2.15. The molecule has 1 amide bonds. The number of anilines is 1. The van der Waals surface area contributed by atoms with Crippen molar-refractivity contribution in [2.75, 3.05) is 18.4 Å². The second kappa shape index (κ2) is 6.16. The Labute approximate surface area is 135 Å². The second-order valence-electron chi connectivity index (χ2n) is 6.22. The van der Waals surface area contributed by atoms with E-state index in [0.717, 1.165) is 30.8 Å². The first-order valence-electron chi connectivity index (χ1n) is 7.93. The lowest BCUT2D eigenvalue weighted by molar-refractivity contribution is -0.117. The van der Waals surface area contributed by atoms with Crippen molar-refractivity contribution >= 4 is 11.8 Å². The van der Waals surface area contributed by atoms with Crippen LogP contribution in [-0.4, -0.2) is 38.8 Å². The normalized spacial score (nSPS) is 18.5. The number of amides is 1. The van der Waals surface area contributed by atoms with Gasteiger partial charge in [0.05, 0.1) is 17.9 Å². The molecule has 0 spiro atoms. The molecule has 7 nitrogen and oxygen atoms in total. The van der Waals surface area contributed by atoms with Crippen molar-refractivity contribution in [1.82, 2.24) is 19.8 Å². The summed E-state index contributed by atoms with van der Waals surface area (Å²) >= 11 is 0. The molecule has 0 aliphatic carbocycles. The van der Waals surface area contributed by atoms with Crippen LogP contribution in [0.2, 0.25) is 0 Å². The van der Waals surface area contributed by atoms with Gasteiger partial charge in [0.15, 0.2) is 0 Å². The number of nitrogens with zero attached hydrogens (tertiary/aromatic N) is 4. The fourth-order valence-corrected chi connectivity index (χ4v) is 3.40. The molecule has 1 atom stereocenters. The molecule has 124 valence electrons. The predicted octanol–water partition coefficient (Wildman–Crippen LogP) is 2.11. The Morgan fingerprint density at radius 3 is 2.83 bits per heavy atom. The van der Waals surface area contributed by atoms with Gasteiger partial charge in [-0.1, -0.05) is 5.16 Å². The number of carbonyl (C=O) groups is 1. The molecule has 1 fully saturated rings. The molecule has 1 N–H and O–H groups in total. The molecule has 0 aromatic carbocycles. The molecular weight excluding hydrogens is 294 g/mol. The first kappa shape index (κ1) is 15.7. The van der Waals surface area contributed by atoms with Gasteiger partial charge in [-0.2, -0.15) is 5.10 Å². The maximum Gasteiger partial charge on any atom is 0.240 e. The number of aryl methyl sites for hydroxylation is 3. The molecule has 1 aliphatic heterocycles. The summed E-state index contributed by atoms with van der Waals surface area (Å²) < 4.78 is 6.95. The lowest BCUT2D eigenvalue weighted by Crippen LogP contribution is -2.33. The maximum atomic E-state index is 12.3. The van der Waals surface area contributed by atoms with E-state index in [1.165, 1.54) is 11.3 Å². The lowest BCUT2D eigenvalue weighted by atomic mass is 10.0. The Morgan fingerprint density at radius 2 is 2.22 bits per heavy atom. The largest absolute Gasteiger partial charge is 0.338 e. The van der Waals surface area contributed by atoms with Gasteiger partial charge in [-0.15, -0.1) is 0 Å². The summed E-state index contributed by atoms with van der Waals surface area (Å²) in [6, 6.07) is 1.97. The van der Waals surface area contributed by atoms with Gasteiger partial charge in [-0.3, -0.25) is 19.7 Å². The Balaban J connectivity index is 1.70. The number of carbonyl (C=O) groups excluding carboxylic acids is 1. The lowest BCUT2D eigenvalue weighted by Gasteiger charge is -2.24. The molecular formula is C16H23N5O2. The number of hydrogen-bond acceptors (Lipinski definition) is 5. The van der Waals surface area contributed by atoms with Crippen molar-refractivity contribution in [3.63, 3.8) is 0 Å². The van der Waals surface area contributed by atoms with Crippen LogP contribution >= 0.6 is 0 Å². The average molecular weight is 317 g/mol. The van der Waals surface area contributed by atoms with Crippen molar-refractivity contribution < 1.29 is 9.32 Å².